The number of nitrogens with zero attached hydrogens (tertiary/aromatic N) is 1. The summed E-state index contributed by atoms with van der Waals surface area (Å²) in [5.41, 5.74) is 1.72. The third-order valence-electron chi connectivity index (χ3n) is 5.20. The monoisotopic (exact) mass is 546 g/mol. The molecule has 2 N–H and O–H groups in total. The molecule has 3 rings (SSSR count). The average Bonchev–Trinajstić information content (AvgIpc) is 3.29. The summed E-state index contributed by atoms with van der Waals surface area (Å²) in [4.78, 5) is 23.4. The number of carbonyl (C=O) groups excluding carboxylic acids is 1. The highest BCUT2D eigenvalue weighted by Gasteiger charge is 2.20. The SMILES string of the molecule is COc1cc(/C=C(/C#N)C(=O)NC2CCCC2)cc(I)c1OCc1ccc(C(=O)O)cc1. The molecule has 7 nitrogen and oxygen atoms in total. The first kappa shape index (κ1) is 23.6. The molecule has 166 valence electrons. The van der Waals surface area contributed by atoms with Crippen molar-refractivity contribution in [2.75, 3.05) is 7.11 Å². The number of ether oxygens (including phenoxy) is 2. The third kappa shape index (κ3) is 6.01. The second-order valence-electron chi connectivity index (χ2n) is 7.45. The number of carboxylic acid groups (broad SMARTS) is 1. The lowest BCUT2D eigenvalue weighted by Crippen LogP contribution is -2.33. The molecule has 0 unspecified atom stereocenters. The summed E-state index contributed by atoms with van der Waals surface area (Å²) >= 11 is 2.11. The van der Waals surface area contributed by atoms with Gasteiger partial charge < -0.3 is 19.9 Å². The molecule has 0 atom stereocenters. The summed E-state index contributed by atoms with van der Waals surface area (Å²) in [5, 5.41) is 21.4. The molecule has 1 saturated carbocycles. The van der Waals surface area contributed by atoms with Crippen molar-refractivity contribution in [3.05, 3.63) is 62.2 Å². The molecule has 2 aromatic carbocycles. The molecule has 0 aromatic heterocycles. The van der Waals surface area contributed by atoms with E-state index < -0.39 is 5.97 Å². The molecule has 8 heteroatoms. The van der Waals surface area contributed by atoms with Crippen LogP contribution in [-0.2, 0) is 11.4 Å². The Labute approximate surface area is 200 Å². The molecule has 1 aliphatic rings. The van der Waals surface area contributed by atoms with E-state index in [0.29, 0.717) is 17.1 Å². The number of hydrogen-bond acceptors (Lipinski definition) is 5. The molecule has 2 aromatic rings. The Morgan fingerprint density at radius 2 is 1.94 bits per heavy atom. The van der Waals surface area contributed by atoms with Crippen molar-refractivity contribution < 1.29 is 24.2 Å². The first-order valence-corrected chi connectivity index (χ1v) is 11.2. The Hall–Kier alpha value is -3.06. The van der Waals surface area contributed by atoms with E-state index in [4.69, 9.17) is 14.6 Å². The number of benzene rings is 2. The number of rotatable bonds is 8. The van der Waals surface area contributed by atoms with Crippen LogP contribution in [0.15, 0.2) is 42.0 Å². The van der Waals surface area contributed by atoms with Crippen LogP contribution in [0, 0.1) is 14.9 Å². The van der Waals surface area contributed by atoms with E-state index in [9.17, 15) is 14.9 Å². The smallest absolute Gasteiger partial charge is 0.335 e. The number of hydrogen-bond donors (Lipinski definition) is 2. The van der Waals surface area contributed by atoms with Gasteiger partial charge in [-0.2, -0.15) is 5.26 Å². The van der Waals surface area contributed by atoms with Gasteiger partial charge >= 0.3 is 5.97 Å². The summed E-state index contributed by atoms with van der Waals surface area (Å²) in [5.74, 6) is -0.343. The highest BCUT2D eigenvalue weighted by molar-refractivity contribution is 14.1. The standard InChI is InChI=1S/C24H23IN2O5/c1-31-21-12-16(10-18(13-26)23(28)27-19-4-2-3-5-19)11-20(25)22(21)32-14-15-6-8-17(9-7-15)24(29)30/h6-12,19H,2-5,14H2,1H3,(H,27,28)(H,29,30)/b18-10-. The van der Waals surface area contributed by atoms with Crippen LogP contribution in [0.5, 0.6) is 11.5 Å². The van der Waals surface area contributed by atoms with E-state index >= 15 is 0 Å². The summed E-state index contributed by atoms with van der Waals surface area (Å²) in [6, 6.07) is 12.1. The predicted molar refractivity (Wildman–Crippen MR) is 127 cm³/mol. The molecule has 0 heterocycles. The van der Waals surface area contributed by atoms with Crippen LogP contribution < -0.4 is 14.8 Å². The highest BCUT2D eigenvalue weighted by Crippen LogP contribution is 2.35. The zero-order chi connectivity index (χ0) is 23.1. The fourth-order valence-corrected chi connectivity index (χ4v) is 4.29. The molecule has 1 fully saturated rings. The number of carboxylic acids is 1. The van der Waals surface area contributed by atoms with Crippen LogP contribution in [0.1, 0.15) is 47.2 Å². The zero-order valence-corrected chi connectivity index (χ0v) is 19.7. The largest absolute Gasteiger partial charge is 0.493 e. The van der Waals surface area contributed by atoms with E-state index in [1.807, 2.05) is 12.1 Å². The van der Waals surface area contributed by atoms with Gasteiger partial charge in [-0.3, -0.25) is 4.79 Å². The summed E-state index contributed by atoms with van der Waals surface area (Å²) in [6.45, 7) is 0.231. The number of aromatic carboxylic acids is 1. The number of nitriles is 1. The van der Waals surface area contributed by atoms with E-state index in [2.05, 4.69) is 27.9 Å². The molecule has 1 amide bonds. The highest BCUT2D eigenvalue weighted by atomic mass is 127. The number of methoxy groups -OCH3 is 1. The molecule has 0 radical (unpaired) electrons. The second-order valence-corrected chi connectivity index (χ2v) is 8.61. The minimum Gasteiger partial charge on any atom is -0.493 e. The summed E-state index contributed by atoms with van der Waals surface area (Å²) in [7, 11) is 1.52. The fourth-order valence-electron chi connectivity index (χ4n) is 3.51. The molecule has 0 aliphatic heterocycles. The van der Waals surface area contributed by atoms with E-state index in [1.54, 1.807) is 24.3 Å². The molecular weight excluding hydrogens is 523 g/mol. The van der Waals surface area contributed by atoms with Crippen LogP contribution in [0.2, 0.25) is 0 Å². The maximum atomic E-state index is 12.5. The second kappa shape index (κ2) is 11.0. The van der Waals surface area contributed by atoms with Crippen molar-refractivity contribution in [3.8, 4) is 17.6 Å². The van der Waals surface area contributed by atoms with Crippen LogP contribution >= 0.6 is 22.6 Å². The third-order valence-corrected chi connectivity index (χ3v) is 6.00. The van der Waals surface area contributed by atoms with Crippen molar-refractivity contribution in [1.82, 2.24) is 5.32 Å². The Balaban J connectivity index is 1.76. The van der Waals surface area contributed by atoms with Gasteiger partial charge in [-0.05, 0) is 76.9 Å². The molecule has 0 spiro atoms. The predicted octanol–water partition coefficient (Wildman–Crippen LogP) is 4.54. The Bertz CT molecular complexity index is 1070. The van der Waals surface area contributed by atoms with Gasteiger partial charge in [0.25, 0.3) is 5.91 Å². The lowest BCUT2D eigenvalue weighted by Gasteiger charge is -2.14. The molecule has 0 saturated heterocycles. The fraction of sp³-hybridized carbons (Fsp3) is 0.292. The minimum atomic E-state index is -0.981. The Morgan fingerprint density at radius 1 is 1.25 bits per heavy atom. The Kier molecular flexibility index (Phi) is 8.11. The van der Waals surface area contributed by atoms with Gasteiger partial charge in [0.2, 0.25) is 0 Å². The quantitative estimate of drug-likeness (QED) is 0.286. The van der Waals surface area contributed by atoms with E-state index in [-0.39, 0.29) is 29.7 Å². The van der Waals surface area contributed by atoms with Crippen molar-refractivity contribution >= 4 is 40.5 Å². The van der Waals surface area contributed by atoms with Gasteiger partial charge in [-0.25, -0.2) is 4.79 Å². The van der Waals surface area contributed by atoms with Crippen LogP contribution in [-0.4, -0.2) is 30.1 Å². The van der Waals surface area contributed by atoms with Crippen molar-refractivity contribution in [2.45, 2.75) is 38.3 Å². The number of carbonyl (C=O) groups is 2. The van der Waals surface area contributed by atoms with Crippen molar-refractivity contribution in [1.29, 1.82) is 5.26 Å². The van der Waals surface area contributed by atoms with Gasteiger partial charge in [-0.15, -0.1) is 0 Å². The summed E-state index contributed by atoms with van der Waals surface area (Å²) < 4.78 is 12.1. The minimum absolute atomic E-state index is 0.0435. The molecule has 1 aliphatic carbocycles. The number of halogens is 1. The van der Waals surface area contributed by atoms with Gasteiger partial charge in [0.1, 0.15) is 18.2 Å². The van der Waals surface area contributed by atoms with E-state index in [0.717, 1.165) is 34.8 Å². The lowest BCUT2D eigenvalue weighted by molar-refractivity contribution is -0.117. The maximum absolute atomic E-state index is 12.5. The van der Waals surface area contributed by atoms with Gasteiger partial charge in [-0.1, -0.05) is 25.0 Å². The molecule has 32 heavy (non-hydrogen) atoms. The van der Waals surface area contributed by atoms with Crippen LogP contribution in [0.4, 0.5) is 0 Å². The average molecular weight is 546 g/mol. The Morgan fingerprint density at radius 3 is 2.53 bits per heavy atom. The number of nitrogens with one attached hydrogen (secondary N) is 1. The topological polar surface area (TPSA) is 109 Å². The van der Waals surface area contributed by atoms with Gasteiger partial charge in [0.05, 0.1) is 16.2 Å². The van der Waals surface area contributed by atoms with Crippen LogP contribution in [0.25, 0.3) is 6.08 Å². The number of amides is 1. The first-order valence-electron chi connectivity index (χ1n) is 10.2. The van der Waals surface area contributed by atoms with E-state index in [1.165, 1.54) is 19.2 Å². The normalized spacial score (nSPS) is 14.0. The molecular formula is C24H23IN2O5. The van der Waals surface area contributed by atoms with Gasteiger partial charge in [0, 0.05) is 6.04 Å². The lowest BCUT2D eigenvalue weighted by atomic mass is 10.1. The first-order chi connectivity index (χ1) is 15.4. The van der Waals surface area contributed by atoms with Crippen molar-refractivity contribution in [3.63, 3.8) is 0 Å². The zero-order valence-electron chi connectivity index (χ0n) is 17.6. The van der Waals surface area contributed by atoms with Crippen molar-refractivity contribution in [2.24, 2.45) is 0 Å². The maximum Gasteiger partial charge on any atom is 0.335 e. The summed E-state index contributed by atoms with van der Waals surface area (Å²) in [6.07, 6.45) is 5.63. The van der Waals surface area contributed by atoms with Gasteiger partial charge in [0.15, 0.2) is 11.5 Å². The van der Waals surface area contributed by atoms with Crippen LogP contribution in [0.3, 0.4) is 0 Å². The molecule has 0 bridgehead atoms.